The minimum Gasteiger partial charge on any atom is -0.455 e. The number of pyridine rings is 1. The molecule has 3 heteroatoms. The van der Waals surface area contributed by atoms with Crippen LogP contribution >= 0.6 is 0 Å². The number of ether oxygens (including phenoxy) is 1. The van der Waals surface area contributed by atoms with Crippen LogP contribution in [0.25, 0.3) is 0 Å². The molecule has 0 saturated heterocycles. The molecule has 96 valence electrons. The monoisotopic (exact) mass is 244 g/mol. The van der Waals surface area contributed by atoms with E-state index in [9.17, 15) is 0 Å². The van der Waals surface area contributed by atoms with Crippen LogP contribution in [0.3, 0.4) is 0 Å². The summed E-state index contributed by atoms with van der Waals surface area (Å²) in [5, 5.41) is 3.44. The van der Waals surface area contributed by atoms with Crippen LogP contribution in [-0.2, 0) is 6.42 Å². The highest BCUT2D eigenvalue weighted by atomic mass is 16.5. The molecule has 2 aliphatic rings. The second kappa shape index (κ2) is 5.71. The van der Waals surface area contributed by atoms with E-state index in [0.29, 0.717) is 6.04 Å². The van der Waals surface area contributed by atoms with Gasteiger partial charge in [-0.05, 0) is 31.9 Å². The van der Waals surface area contributed by atoms with Crippen LogP contribution in [0.15, 0.2) is 42.1 Å². The molecule has 0 bridgehead atoms. The fraction of sp³-hybridized carbons (Fsp3) is 0.400. The summed E-state index contributed by atoms with van der Waals surface area (Å²) in [5.41, 5.74) is 2.38. The number of hydrogen-bond acceptors (Lipinski definition) is 3. The normalized spacial score (nSPS) is 20.5. The third kappa shape index (κ3) is 2.55. The first-order valence-electron chi connectivity index (χ1n) is 6.61. The topological polar surface area (TPSA) is 34.1 Å². The molecule has 1 atom stereocenters. The molecule has 0 aliphatic carbocycles. The molecule has 3 heterocycles. The Kier molecular flexibility index (Phi) is 4.03. The maximum atomic E-state index is 5.90. The lowest BCUT2D eigenvalue weighted by atomic mass is 10.1. The van der Waals surface area contributed by atoms with Crippen molar-refractivity contribution in [3.63, 3.8) is 0 Å². The highest BCUT2D eigenvalue weighted by molar-refractivity contribution is 5.39. The van der Waals surface area contributed by atoms with Crippen molar-refractivity contribution in [2.24, 2.45) is 0 Å². The number of hydrogen-bond donors (Lipinski definition) is 1. The highest BCUT2D eigenvalue weighted by Crippen LogP contribution is 2.29. The first kappa shape index (κ1) is 12.7. The molecule has 1 N–H and O–H groups in total. The van der Waals surface area contributed by atoms with Gasteiger partial charge < -0.3 is 10.1 Å². The van der Waals surface area contributed by atoms with Gasteiger partial charge in [0, 0.05) is 24.0 Å². The van der Waals surface area contributed by atoms with E-state index < -0.39 is 0 Å². The molecular formula is C15H20N2O. The Morgan fingerprint density at radius 1 is 1.33 bits per heavy atom. The van der Waals surface area contributed by atoms with E-state index in [1.807, 2.05) is 26.1 Å². The molecule has 3 nitrogen and oxygen atoms in total. The molecule has 0 spiro atoms. The first-order chi connectivity index (χ1) is 8.83. The van der Waals surface area contributed by atoms with Crippen molar-refractivity contribution in [2.75, 3.05) is 0 Å². The highest BCUT2D eigenvalue weighted by Gasteiger charge is 2.19. The average molecular weight is 244 g/mol. The van der Waals surface area contributed by atoms with Gasteiger partial charge in [0.2, 0.25) is 0 Å². The van der Waals surface area contributed by atoms with E-state index in [4.69, 9.17) is 4.74 Å². The molecule has 0 fully saturated rings. The van der Waals surface area contributed by atoms with Crippen molar-refractivity contribution in [3.05, 3.63) is 47.6 Å². The van der Waals surface area contributed by atoms with Crippen molar-refractivity contribution in [1.29, 1.82) is 0 Å². The lowest BCUT2D eigenvalue weighted by molar-refractivity contribution is 0.425. The smallest absolute Gasteiger partial charge is 0.146 e. The van der Waals surface area contributed by atoms with Crippen molar-refractivity contribution in [3.8, 4) is 5.75 Å². The van der Waals surface area contributed by atoms with Crippen LogP contribution in [0.2, 0.25) is 0 Å². The molecule has 1 aromatic rings. The van der Waals surface area contributed by atoms with Gasteiger partial charge in [-0.2, -0.15) is 0 Å². The summed E-state index contributed by atoms with van der Waals surface area (Å²) in [6.07, 6.45) is 9.81. The minimum absolute atomic E-state index is 0.390. The summed E-state index contributed by atoms with van der Waals surface area (Å²) < 4.78 is 5.90. The second-order valence-corrected chi connectivity index (χ2v) is 4.22. The summed E-state index contributed by atoms with van der Waals surface area (Å²) in [7, 11) is 0. The Labute approximate surface area is 109 Å². The molecule has 18 heavy (non-hydrogen) atoms. The molecule has 3 rings (SSSR count). The summed E-state index contributed by atoms with van der Waals surface area (Å²) in [6, 6.07) is 2.32. The number of fused-ring (bicyclic) bond motifs is 1. The van der Waals surface area contributed by atoms with E-state index in [-0.39, 0.29) is 0 Å². The number of dihydropyridines is 1. The molecule has 0 saturated carbocycles. The van der Waals surface area contributed by atoms with Crippen molar-refractivity contribution < 1.29 is 4.74 Å². The summed E-state index contributed by atoms with van der Waals surface area (Å²) >= 11 is 0. The molecule has 1 aromatic heterocycles. The van der Waals surface area contributed by atoms with Gasteiger partial charge in [0.1, 0.15) is 11.5 Å². The van der Waals surface area contributed by atoms with Gasteiger partial charge in [0.25, 0.3) is 0 Å². The van der Waals surface area contributed by atoms with Gasteiger partial charge in [-0.15, -0.1) is 0 Å². The SMILES string of the molecule is CC.CC1C=CC2=C(CCc3cnccc3O2)N1. The Morgan fingerprint density at radius 2 is 2.17 bits per heavy atom. The fourth-order valence-electron chi connectivity index (χ4n) is 2.10. The zero-order chi connectivity index (χ0) is 13.0. The van der Waals surface area contributed by atoms with Crippen LogP contribution in [0.5, 0.6) is 5.75 Å². The quantitative estimate of drug-likeness (QED) is 0.761. The van der Waals surface area contributed by atoms with Crippen LogP contribution in [0, 0.1) is 0 Å². The fourth-order valence-corrected chi connectivity index (χ4v) is 2.10. The van der Waals surface area contributed by atoms with E-state index in [2.05, 4.69) is 29.4 Å². The third-order valence-electron chi connectivity index (χ3n) is 2.96. The van der Waals surface area contributed by atoms with Gasteiger partial charge in [0.15, 0.2) is 0 Å². The minimum atomic E-state index is 0.390. The summed E-state index contributed by atoms with van der Waals surface area (Å²) in [4.78, 5) is 4.14. The summed E-state index contributed by atoms with van der Waals surface area (Å²) in [6.45, 7) is 6.14. The molecule has 1 unspecified atom stereocenters. The first-order valence-corrected chi connectivity index (χ1v) is 6.61. The molecule has 0 amide bonds. The van der Waals surface area contributed by atoms with Crippen LogP contribution in [0.4, 0.5) is 0 Å². The molecule has 0 aromatic carbocycles. The van der Waals surface area contributed by atoms with Crippen LogP contribution < -0.4 is 10.1 Å². The van der Waals surface area contributed by atoms with Gasteiger partial charge in [-0.25, -0.2) is 0 Å². The van der Waals surface area contributed by atoms with Crippen molar-refractivity contribution in [1.82, 2.24) is 10.3 Å². The maximum Gasteiger partial charge on any atom is 0.146 e. The molecule has 0 radical (unpaired) electrons. The van der Waals surface area contributed by atoms with Gasteiger partial charge in [-0.1, -0.05) is 19.9 Å². The predicted molar refractivity (Wildman–Crippen MR) is 73.3 cm³/mol. The second-order valence-electron chi connectivity index (χ2n) is 4.22. The number of nitrogens with one attached hydrogen (secondary N) is 1. The Morgan fingerprint density at radius 3 is 3.00 bits per heavy atom. The molecular weight excluding hydrogens is 224 g/mol. The van der Waals surface area contributed by atoms with E-state index in [1.54, 1.807) is 6.20 Å². The standard InChI is InChI=1S/C13H14N2O.C2H6/c1-9-2-5-13-11(15-9)4-3-10-8-14-7-6-12(10)16-13;1-2/h2,5-9,15H,3-4H2,1H3;1-2H3. The lowest BCUT2D eigenvalue weighted by Crippen LogP contribution is -2.28. The van der Waals surface area contributed by atoms with Crippen LogP contribution in [-0.4, -0.2) is 11.0 Å². The number of nitrogens with zero attached hydrogens (tertiary/aromatic N) is 1. The zero-order valence-corrected chi connectivity index (χ0v) is 11.2. The maximum absolute atomic E-state index is 5.90. The van der Waals surface area contributed by atoms with Crippen molar-refractivity contribution in [2.45, 2.75) is 39.7 Å². The van der Waals surface area contributed by atoms with E-state index in [0.717, 1.165) is 24.4 Å². The van der Waals surface area contributed by atoms with E-state index >= 15 is 0 Å². The summed E-state index contributed by atoms with van der Waals surface area (Å²) in [5.74, 6) is 1.88. The number of allylic oxidation sites excluding steroid dienone is 2. The number of rotatable bonds is 0. The Bertz CT molecular complexity index is 477. The van der Waals surface area contributed by atoms with Crippen LogP contribution in [0.1, 0.15) is 32.8 Å². The Hall–Kier alpha value is -1.77. The van der Waals surface area contributed by atoms with E-state index in [1.165, 1.54) is 11.3 Å². The van der Waals surface area contributed by atoms with Gasteiger partial charge in [-0.3, -0.25) is 4.98 Å². The Balaban J connectivity index is 0.000000574. The number of aryl methyl sites for hydroxylation is 1. The zero-order valence-electron chi connectivity index (χ0n) is 11.2. The van der Waals surface area contributed by atoms with Gasteiger partial charge in [0.05, 0.1) is 5.70 Å². The van der Waals surface area contributed by atoms with Crippen molar-refractivity contribution >= 4 is 0 Å². The van der Waals surface area contributed by atoms with Gasteiger partial charge >= 0.3 is 0 Å². The third-order valence-corrected chi connectivity index (χ3v) is 2.96. The largest absolute Gasteiger partial charge is 0.455 e. The average Bonchev–Trinajstić information content (AvgIpc) is 2.60. The lowest BCUT2D eigenvalue weighted by Gasteiger charge is -2.20. The molecule has 2 aliphatic heterocycles. The predicted octanol–water partition coefficient (Wildman–Crippen LogP) is 3.19. The number of aromatic nitrogens is 1.